The Hall–Kier alpha value is -1.47. The van der Waals surface area contributed by atoms with Crippen molar-refractivity contribution in [3.8, 4) is 6.07 Å². The molecule has 0 radical (unpaired) electrons. The summed E-state index contributed by atoms with van der Waals surface area (Å²) >= 11 is 0. The van der Waals surface area contributed by atoms with E-state index in [2.05, 4.69) is 4.72 Å². The summed E-state index contributed by atoms with van der Waals surface area (Å²) in [5.41, 5.74) is -1.25. The van der Waals surface area contributed by atoms with Crippen molar-refractivity contribution in [2.45, 2.75) is 48.9 Å². The minimum Gasteiger partial charge on any atom is -0.207 e. The third-order valence-corrected chi connectivity index (χ3v) is 8.07. The Morgan fingerprint density at radius 3 is 2.00 bits per heavy atom. The fourth-order valence-electron chi connectivity index (χ4n) is 2.48. The first-order chi connectivity index (χ1) is 11.5. The normalized spacial score (nSPS) is 18.8. The van der Waals surface area contributed by atoms with Gasteiger partial charge in [-0.15, -0.1) is 0 Å². The van der Waals surface area contributed by atoms with E-state index in [0.717, 1.165) is 12.8 Å². The van der Waals surface area contributed by atoms with Gasteiger partial charge in [0, 0.05) is 13.1 Å². The average Bonchev–Trinajstić information content (AvgIpc) is 3.09. The predicted molar refractivity (Wildman–Crippen MR) is 93.6 cm³/mol. The second kappa shape index (κ2) is 7.03. The van der Waals surface area contributed by atoms with Crippen LogP contribution in [0.1, 0.15) is 33.6 Å². The molecular formula is C16H23N3O4S2. The molecule has 0 aromatic heterocycles. The summed E-state index contributed by atoms with van der Waals surface area (Å²) in [4.78, 5) is -0.00440. The summed E-state index contributed by atoms with van der Waals surface area (Å²) in [7, 11) is -7.53. The molecule has 1 saturated heterocycles. The van der Waals surface area contributed by atoms with E-state index in [4.69, 9.17) is 0 Å². The van der Waals surface area contributed by atoms with Gasteiger partial charge in [0.2, 0.25) is 20.0 Å². The van der Waals surface area contributed by atoms with Crippen LogP contribution in [0.2, 0.25) is 0 Å². The Bertz CT molecular complexity index is 865. The maximum atomic E-state index is 12.5. The first-order valence-electron chi connectivity index (χ1n) is 8.08. The monoisotopic (exact) mass is 385 g/mol. The molecule has 1 aromatic carbocycles. The van der Waals surface area contributed by atoms with Gasteiger partial charge in [-0.05, 0) is 49.9 Å². The van der Waals surface area contributed by atoms with E-state index in [-0.39, 0.29) is 15.7 Å². The van der Waals surface area contributed by atoms with Crippen LogP contribution in [0.15, 0.2) is 34.1 Å². The summed E-state index contributed by atoms with van der Waals surface area (Å²) in [5.74, 6) is -0.234. The molecule has 25 heavy (non-hydrogen) atoms. The lowest BCUT2D eigenvalue weighted by Crippen LogP contribution is -2.48. The van der Waals surface area contributed by atoms with Crippen molar-refractivity contribution >= 4 is 20.0 Å². The molecule has 1 atom stereocenters. The molecule has 9 heteroatoms. The molecule has 1 aliphatic heterocycles. The molecule has 1 aromatic rings. The van der Waals surface area contributed by atoms with Gasteiger partial charge < -0.3 is 0 Å². The molecule has 7 nitrogen and oxygen atoms in total. The maximum absolute atomic E-state index is 12.5. The molecule has 1 aliphatic rings. The van der Waals surface area contributed by atoms with Gasteiger partial charge in [-0.2, -0.15) is 14.3 Å². The number of hydrogen-bond donors (Lipinski definition) is 1. The van der Waals surface area contributed by atoms with E-state index in [1.165, 1.54) is 35.5 Å². The summed E-state index contributed by atoms with van der Waals surface area (Å²) < 4.78 is 53.8. The van der Waals surface area contributed by atoms with Crippen LogP contribution in [-0.2, 0) is 20.0 Å². The molecular weight excluding hydrogens is 362 g/mol. The van der Waals surface area contributed by atoms with Crippen molar-refractivity contribution in [2.24, 2.45) is 5.92 Å². The first kappa shape index (κ1) is 19.8. The largest absolute Gasteiger partial charge is 0.243 e. The van der Waals surface area contributed by atoms with Gasteiger partial charge in [0.1, 0.15) is 5.54 Å². The number of benzene rings is 1. The molecule has 138 valence electrons. The fraction of sp³-hybridized carbons (Fsp3) is 0.562. The summed E-state index contributed by atoms with van der Waals surface area (Å²) in [6.45, 7) is 5.98. The van der Waals surface area contributed by atoms with Crippen LogP contribution in [0.3, 0.4) is 0 Å². The van der Waals surface area contributed by atoms with Gasteiger partial charge in [-0.3, -0.25) is 0 Å². The van der Waals surface area contributed by atoms with Crippen molar-refractivity contribution in [3.05, 3.63) is 24.3 Å². The fourth-order valence-corrected chi connectivity index (χ4v) is 5.45. The van der Waals surface area contributed by atoms with E-state index in [1.807, 2.05) is 6.07 Å². The first-order valence-corrected chi connectivity index (χ1v) is 11.0. The highest BCUT2D eigenvalue weighted by Crippen LogP contribution is 2.24. The number of hydrogen-bond acceptors (Lipinski definition) is 5. The van der Waals surface area contributed by atoms with Crippen LogP contribution in [0.4, 0.5) is 0 Å². The zero-order valence-electron chi connectivity index (χ0n) is 14.6. The molecule has 1 heterocycles. The zero-order chi connectivity index (χ0) is 18.9. The molecule has 0 unspecified atom stereocenters. The highest BCUT2D eigenvalue weighted by molar-refractivity contribution is 7.89. The molecule has 1 fully saturated rings. The molecule has 0 spiro atoms. The van der Waals surface area contributed by atoms with Crippen molar-refractivity contribution in [1.29, 1.82) is 5.26 Å². The predicted octanol–water partition coefficient (Wildman–Crippen LogP) is 1.69. The highest BCUT2D eigenvalue weighted by Gasteiger charge is 2.34. The van der Waals surface area contributed by atoms with Gasteiger partial charge in [0.15, 0.2) is 0 Å². The third kappa shape index (κ3) is 4.03. The smallest absolute Gasteiger partial charge is 0.207 e. The van der Waals surface area contributed by atoms with E-state index < -0.39 is 25.6 Å². The summed E-state index contributed by atoms with van der Waals surface area (Å²) in [6.07, 6.45) is 1.66. The van der Waals surface area contributed by atoms with Crippen LogP contribution >= 0.6 is 0 Å². The van der Waals surface area contributed by atoms with E-state index in [9.17, 15) is 22.1 Å². The highest BCUT2D eigenvalue weighted by atomic mass is 32.2. The average molecular weight is 386 g/mol. The minimum atomic E-state index is -3.94. The molecule has 0 aliphatic carbocycles. The molecule has 0 bridgehead atoms. The Kier molecular flexibility index (Phi) is 5.59. The number of nitrogens with one attached hydrogen (secondary N) is 1. The standard InChI is InChI=1S/C16H23N3O4S2/c1-13(2)16(3,12-17)18-24(20,21)14-6-8-15(9-7-14)25(22,23)19-10-4-5-11-19/h6-9,13,18H,4-5,10-11H2,1-3H3/t16-/m0/s1. The van der Waals surface area contributed by atoms with Gasteiger partial charge >= 0.3 is 0 Å². The number of nitriles is 1. The number of sulfonamides is 2. The van der Waals surface area contributed by atoms with Crippen LogP contribution in [0, 0.1) is 17.2 Å². The lowest BCUT2D eigenvalue weighted by atomic mass is 9.92. The van der Waals surface area contributed by atoms with Crippen LogP contribution in [0.25, 0.3) is 0 Å². The zero-order valence-corrected chi connectivity index (χ0v) is 16.2. The van der Waals surface area contributed by atoms with Gasteiger partial charge in [0.05, 0.1) is 15.9 Å². The molecule has 1 N–H and O–H groups in total. The molecule has 2 rings (SSSR count). The Labute approximate surface area is 149 Å². The SMILES string of the molecule is CC(C)[C@](C)(C#N)NS(=O)(=O)c1ccc(S(=O)(=O)N2CCCC2)cc1. The van der Waals surface area contributed by atoms with Crippen LogP contribution in [0.5, 0.6) is 0 Å². The van der Waals surface area contributed by atoms with Gasteiger partial charge in [-0.1, -0.05) is 13.8 Å². The number of nitrogens with zero attached hydrogens (tertiary/aromatic N) is 2. The summed E-state index contributed by atoms with van der Waals surface area (Å²) in [6, 6.07) is 7.08. The van der Waals surface area contributed by atoms with Crippen molar-refractivity contribution in [3.63, 3.8) is 0 Å². The summed E-state index contributed by atoms with van der Waals surface area (Å²) in [5, 5.41) is 9.28. The lowest BCUT2D eigenvalue weighted by molar-refractivity contribution is 0.388. The second-order valence-corrected chi connectivity index (χ2v) is 10.3. The van der Waals surface area contributed by atoms with E-state index >= 15 is 0 Å². The van der Waals surface area contributed by atoms with E-state index in [0.29, 0.717) is 13.1 Å². The third-order valence-electron chi connectivity index (χ3n) is 4.57. The van der Waals surface area contributed by atoms with Gasteiger partial charge in [0.25, 0.3) is 0 Å². The lowest BCUT2D eigenvalue weighted by Gasteiger charge is -2.27. The maximum Gasteiger partial charge on any atom is 0.243 e. The van der Waals surface area contributed by atoms with Crippen molar-refractivity contribution in [1.82, 2.24) is 9.03 Å². The topological polar surface area (TPSA) is 107 Å². The Balaban J connectivity index is 2.29. The quantitative estimate of drug-likeness (QED) is 0.802. The molecule has 0 saturated carbocycles. The Morgan fingerprint density at radius 2 is 1.56 bits per heavy atom. The van der Waals surface area contributed by atoms with Crippen molar-refractivity contribution < 1.29 is 16.8 Å². The van der Waals surface area contributed by atoms with Crippen LogP contribution in [-0.4, -0.2) is 39.8 Å². The molecule has 0 amide bonds. The van der Waals surface area contributed by atoms with Gasteiger partial charge in [-0.25, -0.2) is 16.8 Å². The Morgan fingerprint density at radius 1 is 1.08 bits per heavy atom. The minimum absolute atomic E-state index is 0.0697. The van der Waals surface area contributed by atoms with Crippen LogP contribution < -0.4 is 4.72 Å². The van der Waals surface area contributed by atoms with E-state index in [1.54, 1.807) is 13.8 Å². The second-order valence-electron chi connectivity index (χ2n) is 6.66. The van der Waals surface area contributed by atoms with Crippen molar-refractivity contribution in [2.75, 3.05) is 13.1 Å². The number of rotatable bonds is 6.